The van der Waals surface area contributed by atoms with E-state index in [-0.39, 0.29) is 11.9 Å². The highest BCUT2D eigenvalue weighted by molar-refractivity contribution is 6.05. The van der Waals surface area contributed by atoms with E-state index in [2.05, 4.69) is 31.6 Å². The standard InChI is InChI=1S/C25H30N6O2/c1-17-19(25(32)30-20-10-4-5-12-22(20)33-3)15-28-24(29-17)21-11-6-7-14-31(21)16-18-9-8-13-27-23(18)26-2/h4-5,8-10,12-13,15,21H,6-7,11,14,16H2,1-3H3,(H,26,27)(H,30,32)/t21-/m0/s1. The fourth-order valence-corrected chi connectivity index (χ4v) is 4.29. The van der Waals surface area contributed by atoms with Gasteiger partial charge in [-0.15, -0.1) is 0 Å². The largest absolute Gasteiger partial charge is 0.495 e. The molecule has 2 aromatic heterocycles. The van der Waals surface area contributed by atoms with Crippen LogP contribution in [0.3, 0.4) is 0 Å². The van der Waals surface area contributed by atoms with Crippen LogP contribution in [0.15, 0.2) is 48.8 Å². The number of hydrogen-bond acceptors (Lipinski definition) is 7. The van der Waals surface area contributed by atoms with Crippen LogP contribution in [0.25, 0.3) is 0 Å². The number of aryl methyl sites for hydroxylation is 1. The Hall–Kier alpha value is -3.52. The minimum absolute atomic E-state index is 0.105. The summed E-state index contributed by atoms with van der Waals surface area (Å²) < 4.78 is 5.33. The second kappa shape index (κ2) is 10.4. The first-order valence-corrected chi connectivity index (χ1v) is 11.2. The molecule has 0 saturated carbocycles. The summed E-state index contributed by atoms with van der Waals surface area (Å²) in [6, 6.07) is 11.5. The number of hydrogen-bond donors (Lipinski definition) is 2. The molecule has 1 aromatic carbocycles. The van der Waals surface area contributed by atoms with Crippen LogP contribution >= 0.6 is 0 Å². The summed E-state index contributed by atoms with van der Waals surface area (Å²) in [5.74, 6) is 2.01. The second-order valence-corrected chi connectivity index (χ2v) is 8.12. The highest BCUT2D eigenvalue weighted by Crippen LogP contribution is 2.31. The number of methoxy groups -OCH3 is 1. The van der Waals surface area contributed by atoms with Gasteiger partial charge in [0.05, 0.1) is 30.1 Å². The van der Waals surface area contributed by atoms with Crippen molar-refractivity contribution in [2.24, 2.45) is 0 Å². The smallest absolute Gasteiger partial charge is 0.259 e. The van der Waals surface area contributed by atoms with Crippen molar-refractivity contribution >= 4 is 17.4 Å². The molecule has 1 aliphatic rings. The first-order chi connectivity index (χ1) is 16.1. The lowest BCUT2D eigenvalue weighted by Gasteiger charge is -2.35. The van der Waals surface area contributed by atoms with E-state index in [0.29, 0.717) is 22.7 Å². The van der Waals surface area contributed by atoms with Crippen molar-refractivity contribution in [3.05, 3.63) is 71.4 Å². The molecular formula is C25H30N6O2. The molecule has 3 heterocycles. The predicted octanol–water partition coefficient (Wildman–Crippen LogP) is 4.21. The van der Waals surface area contributed by atoms with Crippen molar-refractivity contribution < 1.29 is 9.53 Å². The van der Waals surface area contributed by atoms with Gasteiger partial charge < -0.3 is 15.4 Å². The van der Waals surface area contributed by atoms with Crippen LogP contribution in [0, 0.1) is 6.92 Å². The van der Waals surface area contributed by atoms with Gasteiger partial charge in [-0.25, -0.2) is 15.0 Å². The molecule has 8 nitrogen and oxygen atoms in total. The summed E-state index contributed by atoms with van der Waals surface area (Å²) in [4.78, 5) is 29.1. The zero-order valence-corrected chi connectivity index (χ0v) is 19.3. The van der Waals surface area contributed by atoms with Gasteiger partial charge in [-0.3, -0.25) is 9.69 Å². The molecule has 8 heteroatoms. The van der Waals surface area contributed by atoms with E-state index in [1.165, 1.54) is 0 Å². The minimum atomic E-state index is -0.252. The fraction of sp³-hybridized carbons (Fsp3) is 0.360. The fourth-order valence-electron chi connectivity index (χ4n) is 4.29. The molecule has 0 unspecified atom stereocenters. The van der Waals surface area contributed by atoms with Crippen LogP contribution in [0.5, 0.6) is 5.75 Å². The van der Waals surface area contributed by atoms with Crippen molar-refractivity contribution in [2.45, 2.75) is 38.8 Å². The molecule has 4 rings (SSSR count). The molecule has 2 N–H and O–H groups in total. The quantitative estimate of drug-likeness (QED) is 0.562. The van der Waals surface area contributed by atoms with Crippen LogP contribution in [0.2, 0.25) is 0 Å². The first kappa shape index (κ1) is 22.7. The van der Waals surface area contributed by atoms with Crippen LogP contribution in [0.4, 0.5) is 11.5 Å². The van der Waals surface area contributed by atoms with Gasteiger partial charge in [0.25, 0.3) is 5.91 Å². The van der Waals surface area contributed by atoms with Crippen molar-refractivity contribution in [1.82, 2.24) is 19.9 Å². The molecular weight excluding hydrogens is 416 g/mol. The third-order valence-electron chi connectivity index (χ3n) is 6.01. The van der Waals surface area contributed by atoms with Gasteiger partial charge in [0, 0.05) is 31.5 Å². The van der Waals surface area contributed by atoms with Crippen molar-refractivity contribution in [2.75, 3.05) is 31.3 Å². The summed E-state index contributed by atoms with van der Waals surface area (Å²) in [5.41, 5.74) is 2.88. The van der Waals surface area contributed by atoms with Gasteiger partial charge in [0.2, 0.25) is 0 Å². The zero-order valence-electron chi connectivity index (χ0n) is 19.3. The molecule has 1 atom stereocenters. The third kappa shape index (κ3) is 5.12. The number of para-hydroxylation sites is 2. The van der Waals surface area contributed by atoms with E-state index >= 15 is 0 Å². The number of nitrogens with zero attached hydrogens (tertiary/aromatic N) is 4. The summed E-state index contributed by atoms with van der Waals surface area (Å²) in [7, 11) is 3.47. The maximum absolute atomic E-state index is 12.9. The Balaban J connectivity index is 1.53. The molecule has 33 heavy (non-hydrogen) atoms. The van der Waals surface area contributed by atoms with Crippen LogP contribution in [0.1, 0.15) is 52.7 Å². The maximum atomic E-state index is 12.9. The number of likely N-dealkylation sites (tertiary alicyclic amines) is 1. The van der Waals surface area contributed by atoms with Crippen molar-refractivity contribution in [1.29, 1.82) is 0 Å². The number of ether oxygens (including phenoxy) is 1. The Morgan fingerprint density at radius 1 is 1.18 bits per heavy atom. The zero-order chi connectivity index (χ0) is 23.2. The lowest BCUT2D eigenvalue weighted by molar-refractivity contribution is 0.102. The summed E-state index contributed by atoms with van der Waals surface area (Å²) in [6.45, 7) is 3.60. The lowest BCUT2D eigenvalue weighted by Crippen LogP contribution is -2.34. The van der Waals surface area contributed by atoms with Gasteiger partial charge in [0.1, 0.15) is 17.4 Å². The van der Waals surface area contributed by atoms with Gasteiger partial charge in [0.15, 0.2) is 0 Å². The summed E-state index contributed by atoms with van der Waals surface area (Å²) in [5, 5.41) is 6.08. The summed E-state index contributed by atoms with van der Waals surface area (Å²) in [6.07, 6.45) is 6.69. The number of pyridine rings is 1. The number of piperidine rings is 1. The van der Waals surface area contributed by atoms with Gasteiger partial charge >= 0.3 is 0 Å². The number of rotatable bonds is 7. The molecule has 0 radical (unpaired) electrons. The monoisotopic (exact) mass is 446 g/mol. The maximum Gasteiger partial charge on any atom is 0.259 e. The number of aromatic nitrogens is 3. The molecule has 0 aliphatic carbocycles. The summed E-state index contributed by atoms with van der Waals surface area (Å²) >= 11 is 0. The lowest BCUT2D eigenvalue weighted by atomic mass is 10.00. The molecule has 0 spiro atoms. The number of amides is 1. The predicted molar refractivity (Wildman–Crippen MR) is 129 cm³/mol. The van der Waals surface area contributed by atoms with E-state index in [1.807, 2.05) is 38.2 Å². The van der Waals surface area contributed by atoms with Crippen LogP contribution < -0.4 is 15.4 Å². The SMILES string of the molecule is CNc1ncccc1CN1CCCC[C@H]1c1ncc(C(=O)Nc2ccccc2OC)c(C)n1. The van der Waals surface area contributed by atoms with E-state index in [1.54, 1.807) is 25.6 Å². The molecule has 3 aromatic rings. The average Bonchev–Trinajstić information content (AvgIpc) is 2.85. The Morgan fingerprint density at radius 3 is 2.82 bits per heavy atom. The molecule has 1 aliphatic heterocycles. The molecule has 1 fully saturated rings. The Bertz CT molecular complexity index is 1120. The molecule has 172 valence electrons. The van der Waals surface area contributed by atoms with Gasteiger partial charge in [-0.1, -0.05) is 24.6 Å². The van der Waals surface area contributed by atoms with Crippen molar-refractivity contribution in [3.63, 3.8) is 0 Å². The van der Waals surface area contributed by atoms with E-state index < -0.39 is 0 Å². The Labute approximate surface area is 194 Å². The van der Waals surface area contributed by atoms with Crippen LogP contribution in [-0.4, -0.2) is 46.5 Å². The number of anilines is 2. The van der Waals surface area contributed by atoms with Crippen LogP contribution in [-0.2, 0) is 6.54 Å². The number of nitrogens with one attached hydrogen (secondary N) is 2. The minimum Gasteiger partial charge on any atom is -0.495 e. The molecule has 0 bridgehead atoms. The first-order valence-electron chi connectivity index (χ1n) is 11.2. The Kier molecular flexibility index (Phi) is 7.14. The highest BCUT2D eigenvalue weighted by atomic mass is 16.5. The molecule has 1 saturated heterocycles. The normalized spacial score (nSPS) is 16.3. The number of benzene rings is 1. The topological polar surface area (TPSA) is 92.3 Å². The van der Waals surface area contributed by atoms with E-state index in [0.717, 1.165) is 49.6 Å². The van der Waals surface area contributed by atoms with E-state index in [9.17, 15) is 4.79 Å². The van der Waals surface area contributed by atoms with E-state index in [4.69, 9.17) is 9.72 Å². The average molecular weight is 447 g/mol. The van der Waals surface area contributed by atoms with Gasteiger partial charge in [-0.2, -0.15) is 0 Å². The highest BCUT2D eigenvalue weighted by Gasteiger charge is 2.28. The number of carbonyl (C=O) groups excluding carboxylic acids is 1. The third-order valence-corrected chi connectivity index (χ3v) is 6.01. The Morgan fingerprint density at radius 2 is 2.03 bits per heavy atom. The van der Waals surface area contributed by atoms with Crippen molar-refractivity contribution in [3.8, 4) is 5.75 Å². The number of carbonyl (C=O) groups is 1. The van der Waals surface area contributed by atoms with Gasteiger partial charge in [-0.05, 0) is 44.5 Å². The molecule has 1 amide bonds. The second-order valence-electron chi connectivity index (χ2n) is 8.12.